The average Bonchev–Trinajstić information content (AvgIpc) is 2.83. The van der Waals surface area contributed by atoms with E-state index in [2.05, 4.69) is 29.4 Å². The second-order valence-electron chi connectivity index (χ2n) is 4.19. The summed E-state index contributed by atoms with van der Waals surface area (Å²) >= 11 is 1.64. The molecule has 0 amide bonds. The van der Waals surface area contributed by atoms with E-state index in [1.54, 1.807) is 23.5 Å². The van der Waals surface area contributed by atoms with E-state index < -0.39 is 0 Å². The Morgan fingerprint density at radius 1 is 1.37 bits per heavy atom. The van der Waals surface area contributed by atoms with Crippen molar-refractivity contribution < 1.29 is 0 Å². The van der Waals surface area contributed by atoms with Crippen LogP contribution < -0.4 is 5.43 Å². The Kier molecular flexibility index (Phi) is 3.74. The zero-order chi connectivity index (χ0) is 13.8. The highest BCUT2D eigenvalue weighted by molar-refractivity contribution is 7.18. The Hall–Kier alpha value is -2.44. The fraction of sp³-hybridized carbons (Fsp3) is 0.231. The number of hydrazone groups is 1. The van der Waals surface area contributed by atoms with E-state index in [-0.39, 0.29) is 5.71 Å². The van der Waals surface area contributed by atoms with E-state index in [0.717, 1.165) is 20.9 Å². The highest BCUT2D eigenvalue weighted by atomic mass is 32.1. The monoisotopic (exact) mass is 269 g/mol. The summed E-state index contributed by atoms with van der Waals surface area (Å²) < 4.78 is 1.05. The minimum Gasteiger partial charge on any atom is -0.276 e. The SMILES string of the molecule is CC(C)c1nc2ccc(NN=C(C#N)C#N)cc2s1. The third-order valence-electron chi connectivity index (χ3n) is 2.41. The van der Waals surface area contributed by atoms with Crippen molar-refractivity contribution >= 4 is 33.0 Å². The molecule has 0 aliphatic rings. The molecule has 94 valence electrons. The zero-order valence-corrected chi connectivity index (χ0v) is 11.3. The van der Waals surface area contributed by atoms with Gasteiger partial charge in [-0.1, -0.05) is 13.8 Å². The lowest BCUT2D eigenvalue weighted by Crippen LogP contribution is -1.95. The van der Waals surface area contributed by atoms with Crippen molar-refractivity contribution in [1.82, 2.24) is 4.98 Å². The maximum atomic E-state index is 8.59. The van der Waals surface area contributed by atoms with Crippen molar-refractivity contribution in [1.29, 1.82) is 10.5 Å². The number of hydrogen-bond acceptors (Lipinski definition) is 6. The van der Waals surface area contributed by atoms with Gasteiger partial charge in [0.05, 0.1) is 20.9 Å². The van der Waals surface area contributed by atoms with Gasteiger partial charge in [-0.25, -0.2) is 4.98 Å². The topological polar surface area (TPSA) is 84.9 Å². The number of nitriles is 2. The Morgan fingerprint density at radius 3 is 2.74 bits per heavy atom. The van der Waals surface area contributed by atoms with Gasteiger partial charge in [0.25, 0.3) is 0 Å². The molecule has 6 heteroatoms. The molecule has 0 spiro atoms. The lowest BCUT2D eigenvalue weighted by Gasteiger charge is -1.98. The third-order valence-corrected chi connectivity index (χ3v) is 3.73. The molecule has 0 saturated carbocycles. The predicted molar refractivity (Wildman–Crippen MR) is 76.0 cm³/mol. The summed E-state index contributed by atoms with van der Waals surface area (Å²) in [6.45, 7) is 4.21. The number of thiazole rings is 1. The average molecular weight is 269 g/mol. The number of aromatic nitrogens is 1. The predicted octanol–water partition coefficient (Wildman–Crippen LogP) is 3.23. The lowest BCUT2D eigenvalue weighted by molar-refractivity contribution is 0.857. The van der Waals surface area contributed by atoms with Crippen molar-refractivity contribution in [2.24, 2.45) is 5.10 Å². The van der Waals surface area contributed by atoms with Crippen LogP contribution in [0.4, 0.5) is 5.69 Å². The van der Waals surface area contributed by atoms with Gasteiger partial charge in [0.2, 0.25) is 5.71 Å². The first-order chi connectivity index (χ1) is 9.13. The number of nitrogens with zero attached hydrogens (tertiary/aromatic N) is 4. The molecular weight excluding hydrogens is 258 g/mol. The van der Waals surface area contributed by atoms with E-state index in [9.17, 15) is 0 Å². The van der Waals surface area contributed by atoms with E-state index in [1.165, 1.54) is 0 Å². The normalized spacial score (nSPS) is 9.95. The van der Waals surface area contributed by atoms with Gasteiger partial charge in [0.1, 0.15) is 12.1 Å². The number of fused-ring (bicyclic) bond motifs is 1. The molecule has 0 bridgehead atoms. The van der Waals surface area contributed by atoms with Gasteiger partial charge < -0.3 is 0 Å². The first-order valence-corrected chi connectivity index (χ1v) is 6.50. The Balaban J connectivity index is 2.30. The number of rotatable bonds is 3. The van der Waals surface area contributed by atoms with Crippen LogP contribution in [-0.2, 0) is 0 Å². The number of hydrogen-bond donors (Lipinski definition) is 1. The molecule has 0 aliphatic carbocycles. The van der Waals surface area contributed by atoms with Gasteiger partial charge in [0.15, 0.2) is 0 Å². The molecule has 2 rings (SSSR count). The van der Waals surface area contributed by atoms with Crippen molar-refractivity contribution in [3.63, 3.8) is 0 Å². The molecule has 1 heterocycles. The molecular formula is C13H11N5S. The lowest BCUT2D eigenvalue weighted by atomic mass is 10.2. The molecule has 0 saturated heterocycles. The molecule has 5 nitrogen and oxygen atoms in total. The second-order valence-corrected chi connectivity index (χ2v) is 5.25. The molecule has 19 heavy (non-hydrogen) atoms. The minimum atomic E-state index is -0.202. The van der Waals surface area contributed by atoms with E-state index in [4.69, 9.17) is 10.5 Å². The maximum absolute atomic E-state index is 8.59. The summed E-state index contributed by atoms with van der Waals surface area (Å²) in [5.74, 6) is 0.399. The number of nitrogens with one attached hydrogen (secondary N) is 1. The van der Waals surface area contributed by atoms with Gasteiger partial charge >= 0.3 is 0 Å². The Bertz CT molecular complexity index is 699. The summed E-state index contributed by atoms with van der Waals surface area (Å²) in [6, 6.07) is 9.02. The van der Waals surface area contributed by atoms with Crippen LogP contribution in [0.5, 0.6) is 0 Å². The minimum absolute atomic E-state index is 0.202. The first kappa shape index (κ1) is 13.0. The number of anilines is 1. The molecule has 0 atom stereocenters. The van der Waals surface area contributed by atoms with Crippen LogP contribution in [0, 0.1) is 22.7 Å². The Morgan fingerprint density at radius 2 is 2.11 bits per heavy atom. The van der Waals surface area contributed by atoms with Crippen molar-refractivity contribution in [3.05, 3.63) is 23.2 Å². The zero-order valence-electron chi connectivity index (χ0n) is 10.5. The van der Waals surface area contributed by atoms with Gasteiger partial charge in [0, 0.05) is 5.92 Å². The van der Waals surface area contributed by atoms with Crippen LogP contribution in [0.15, 0.2) is 23.3 Å². The van der Waals surface area contributed by atoms with Crippen LogP contribution >= 0.6 is 11.3 Å². The van der Waals surface area contributed by atoms with Gasteiger partial charge in [-0.3, -0.25) is 5.43 Å². The van der Waals surface area contributed by atoms with Crippen LogP contribution in [-0.4, -0.2) is 10.7 Å². The van der Waals surface area contributed by atoms with E-state index in [1.807, 2.05) is 18.2 Å². The fourth-order valence-corrected chi connectivity index (χ4v) is 2.46. The standard InChI is InChI=1S/C13H11N5S/c1-8(2)13-16-11-4-3-9(5-12(11)19-13)17-18-10(6-14)7-15/h3-5,8,17H,1-2H3. The van der Waals surface area contributed by atoms with Gasteiger partial charge in [-0.2, -0.15) is 15.6 Å². The first-order valence-electron chi connectivity index (χ1n) is 5.68. The van der Waals surface area contributed by atoms with Crippen LogP contribution in [0.1, 0.15) is 24.8 Å². The molecule has 0 aliphatic heterocycles. The van der Waals surface area contributed by atoms with Crippen molar-refractivity contribution in [3.8, 4) is 12.1 Å². The van der Waals surface area contributed by atoms with E-state index >= 15 is 0 Å². The summed E-state index contributed by atoms with van der Waals surface area (Å²) in [5.41, 5.74) is 4.18. The van der Waals surface area contributed by atoms with Crippen LogP contribution in [0.25, 0.3) is 10.2 Å². The van der Waals surface area contributed by atoms with Gasteiger partial charge in [-0.15, -0.1) is 11.3 Å². The molecule has 2 aromatic rings. The number of benzene rings is 1. The van der Waals surface area contributed by atoms with E-state index in [0.29, 0.717) is 5.92 Å². The maximum Gasteiger partial charge on any atom is 0.237 e. The van der Waals surface area contributed by atoms with Crippen LogP contribution in [0.3, 0.4) is 0 Å². The quantitative estimate of drug-likeness (QED) is 0.684. The largest absolute Gasteiger partial charge is 0.276 e. The third kappa shape index (κ3) is 2.87. The highest BCUT2D eigenvalue weighted by Gasteiger charge is 2.07. The summed E-state index contributed by atoms with van der Waals surface area (Å²) in [4.78, 5) is 4.53. The van der Waals surface area contributed by atoms with Crippen molar-refractivity contribution in [2.75, 3.05) is 5.43 Å². The van der Waals surface area contributed by atoms with Crippen molar-refractivity contribution in [2.45, 2.75) is 19.8 Å². The molecule has 1 aromatic heterocycles. The summed E-state index contributed by atoms with van der Waals surface area (Å²) in [6.07, 6.45) is 0. The smallest absolute Gasteiger partial charge is 0.237 e. The molecule has 0 fully saturated rings. The summed E-state index contributed by atoms with van der Waals surface area (Å²) in [7, 11) is 0. The molecule has 0 unspecified atom stereocenters. The Labute approximate surface area is 114 Å². The molecule has 0 radical (unpaired) electrons. The second kappa shape index (κ2) is 5.47. The van der Waals surface area contributed by atoms with Gasteiger partial charge in [-0.05, 0) is 18.2 Å². The highest BCUT2D eigenvalue weighted by Crippen LogP contribution is 2.29. The van der Waals surface area contributed by atoms with Crippen LogP contribution in [0.2, 0.25) is 0 Å². The summed E-state index contributed by atoms with van der Waals surface area (Å²) in [5, 5.41) is 22.0. The molecule has 1 N–H and O–H groups in total. The molecule has 1 aromatic carbocycles. The fourth-order valence-electron chi connectivity index (χ4n) is 1.45.